The van der Waals surface area contributed by atoms with E-state index in [1.54, 1.807) is 0 Å². The fraction of sp³-hybridized carbons (Fsp3) is 0.611. The Morgan fingerprint density at radius 1 is 1.30 bits per heavy atom. The van der Waals surface area contributed by atoms with Crippen LogP contribution in [-0.2, 0) is 9.53 Å². The van der Waals surface area contributed by atoms with E-state index in [-0.39, 0.29) is 42.8 Å². The van der Waals surface area contributed by atoms with Crippen molar-refractivity contribution < 1.29 is 9.53 Å². The van der Waals surface area contributed by atoms with Gasteiger partial charge in [0.25, 0.3) is 0 Å². The Kier molecular flexibility index (Phi) is 12.0. The molecule has 0 bridgehead atoms. The fourth-order valence-electron chi connectivity index (χ4n) is 3.29. The second kappa shape index (κ2) is 13.1. The first-order valence-corrected chi connectivity index (χ1v) is 10.4. The molecule has 2 fully saturated rings. The zero-order valence-corrected chi connectivity index (χ0v) is 18.4. The van der Waals surface area contributed by atoms with Crippen molar-refractivity contribution in [3.05, 3.63) is 34.9 Å². The molecule has 0 aliphatic carbocycles. The molecule has 5 nitrogen and oxygen atoms in total. The number of benzene rings is 1. The zero-order chi connectivity index (χ0) is 17.5. The summed E-state index contributed by atoms with van der Waals surface area (Å²) in [4.78, 5) is 14.7. The lowest BCUT2D eigenvalue weighted by Crippen LogP contribution is -2.45. The normalized spacial score (nSPS) is 21.4. The number of thioether (sulfide) groups is 1. The van der Waals surface area contributed by atoms with Crippen LogP contribution in [0, 0.1) is 0 Å². The van der Waals surface area contributed by atoms with Crippen LogP contribution < -0.4 is 10.6 Å². The molecule has 1 aromatic carbocycles. The van der Waals surface area contributed by atoms with Crippen molar-refractivity contribution in [1.82, 2.24) is 15.5 Å². The summed E-state index contributed by atoms with van der Waals surface area (Å²) < 4.78 is 5.47. The van der Waals surface area contributed by atoms with Gasteiger partial charge in [0.2, 0.25) is 5.91 Å². The van der Waals surface area contributed by atoms with Gasteiger partial charge in [-0.05, 0) is 17.7 Å². The third-order valence-corrected chi connectivity index (χ3v) is 6.05. The van der Waals surface area contributed by atoms with Crippen LogP contribution in [0.1, 0.15) is 18.0 Å². The van der Waals surface area contributed by atoms with Crippen LogP contribution in [0.4, 0.5) is 0 Å². The maximum absolute atomic E-state index is 12.4. The highest BCUT2D eigenvalue weighted by molar-refractivity contribution is 7.99. The van der Waals surface area contributed by atoms with Gasteiger partial charge in [0, 0.05) is 55.2 Å². The van der Waals surface area contributed by atoms with E-state index in [9.17, 15) is 4.79 Å². The van der Waals surface area contributed by atoms with Crippen molar-refractivity contribution in [1.29, 1.82) is 0 Å². The molecular weight excluding hydrogens is 429 g/mol. The molecule has 27 heavy (non-hydrogen) atoms. The molecule has 2 aliphatic rings. The fourth-order valence-corrected chi connectivity index (χ4v) is 4.36. The zero-order valence-electron chi connectivity index (χ0n) is 15.2. The van der Waals surface area contributed by atoms with Gasteiger partial charge in [0.1, 0.15) is 0 Å². The molecule has 2 N–H and O–H groups in total. The minimum absolute atomic E-state index is 0. The average molecular weight is 457 g/mol. The molecular formula is C18H28Cl3N3O2S. The van der Waals surface area contributed by atoms with Crippen LogP contribution in [0.5, 0.6) is 0 Å². The lowest BCUT2D eigenvalue weighted by atomic mass is 10.0. The smallest absolute Gasteiger partial charge is 0.221 e. The van der Waals surface area contributed by atoms with E-state index in [4.69, 9.17) is 16.3 Å². The standard InChI is InChI=1S/C18H26ClN3O2S.2ClH/c19-15-3-1-14(2-4-15)17(22-6-8-24-9-7-22)12-21-18(23)11-16-13-25-10-5-20-16;;/h1-4,16-17,20H,5-13H2,(H,21,23);2*1H. The molecule has 0 spiro atoms. The molecule has 1 aromatic rings. The summed E-state index contributed by atoms with van der Waals surface area (Å²) in [5.74, 6) is 2.26. The third-order valence-electron chi connectivity index (χ3n) is 4.66. The highest BCUT2D eigenvalue weighted by Crippen LogP contribution is 2.23. The van der Waals surface area contributed by atoms with E-state index in [0.29, 0.717) is 13.0 Å². The summed E-state index contributed by atoms with van der Waals surface area (Å²) >= 11 is 7.94. The molecule has 1 amide bonds. The Morgan fingerprint density at radius 3 is 2.63 bits per heavy atom. The van der Waals surface area contributed by atoms with Crippen LogP contribution in [-0.4, -0.2) is 67.7 Å². The van der Waals surface area contributed by atoms with Crippen LogP contribution in [0.25, 0.3) is 0 Å². The third kappa shape index (κ3) is 7.97. The predicted octanol–water partition coefficient (Wildman–Crippen LogP) is 2.77. The van der Waals surface area contributed by atoms with E-state index >= 15 is 0 Å². The maximum Gasteiger partial charge on any atom is 0.221 e. The first kappa shape index (κ1) is 24.8. The van der Waals surface area contributed by atoms with Gasteiger partial charge in [-0.15, -0.1) is 24.8 Å². The highest BCUT2D eigenvalue weighted by atomic mass is 35.5. The lowest BCUT2D eigenvalue weighted by Gasteiger charge is -2.35. The number of rotatable bonds is 6. The van der Waals surface area contributed by atoms with Gasteiger partial charge in [0.15, 0.2) is 0 Å². The minimum atomic E-state index is 0. The van der Waals surface area contributed by atoms with Crippen LogP contribution in [0.3, 0.4) is 0 Å². The molecule has 0 radical (unpaired) electrons. The largest absolute Gasteiger partial charge is 0.379 e. The number of carbonyl (C=O) groups is 1. The number of hydrogen-bond donors (Lipinski definition) is 2. The first-order valence-electron chi connectivity index (χ1n) is 8.87. The van der Waals surface area contributed by atoms with Crippen molar-refractivity contribution in [2.75, 3.05) is 50.9 Å². The van der Waals surface area contributed by atoms with Gasteiger partial charge in [-0.2, -0.15) is 11.8 Å². The second-order valence-electron chi connectivity index (χ2n) is 6.45. The second-order valence-corrected chi connectivity index (χ2v) is 8.04. The summed E-state index contributed by atoms with van der Waals surface area (Å²) in [5.41, 5.74) is 1.18. The monoisotopic (exact) mass is 455 g/mol. The number of nitrogens with one attached hydrogen (secondary N) is 2. The number of halogens is 3. The molecule has 0 aromatic heterocycles. The molecule has 2 unspecified atom stereocenters. The minimum Gasteiger partial charge on any atom is -0.379 e. The first-order chi connectivity index (χ1) is 12.2. The predicted molar refractivity (Wildman–Crippen MR) is 118 cm³/mol. The molecule has 3 rings (SSSR count). The summed E-state index contributed by atoms with van der Waals surface area (Å²) in [6.07, 6.45) is 0.545. The van der Waals surface area contributed by atoms with Crippen molar-refractivity contribution in [2.45, 2.75) is 18.5 Å². The Hall–Kier alpha value is -0.210. The van der Waals surface area contributed by atoms with Crippen molar-refractivity contribution >= 4 is 54.1 Å². The van der Waals surface area contributed by atoms with E-state index in [1.807, 2.05) is 36.0 Å². The topological polar surface area (TPSA) is 53.6 Å². The van der Waals surface area contributed by atoms with Crippen molar-refractivity contribution in [3.8, 4) is 0 Å². The Bertz CT molecular complexity index is 553. The van der Waals surface area contributed by atoms with Gasteiger partial charge in [-0.25, -0.2) is 0 Å². The summed E-state index contributed by atoms with van der Waals surface area (Å²) in [6.45, 7) is 4.83. The van der Waals surface area contributed by atoms with E-state index in [0.717, 1.165) is 49.4 Å². The van der Waals surface area contributed by atoms with Crippen LogP contribution in [0.2, 0.25) is 5.02 Å². The summed E-state index contributed by atoms with van der Waals surface area (Å²) in [7, 11) is 0. The lowest BCUT2D eigenvalue weighted by molar-refractivity contribution is -0.121. The number of hydrogen-bond acceptors (Lipinski definition) is 5. The number of ether oxygens (including phenoxy) is 1. The molecule has 2 aliphatic heterocycles. The molecule has 0 saturated carbocycles. The Labute approximate surface area is 183 Å². The Balaban J connectivity index is 0.00000182. The maximum atomic E-state index is 12.4. The van der Waals surface area contributed by atoms with Gasteiger partial charge < -0.3 is 15.4 Å². The van der Waals surface area contributed by atoms with Gasteiger partial charge in [0.05, 0.1) is 19.3 Å². The van der Waals surface area contributed by atoms with Crippen LogP contribution in [0.15, 0.2) is 24.3 Å². The average Bonchev–Trinajstić information content (AvgIpc) is 2.65. The molecule has 2 saturated heterocycles. The van der Waals surface area contributed by atoms with Gasteiger partial charge in [-0.3, -0.25) is 9.69 Å². The van der Waals surface area contributed by atoms with Gasteiger partial charge in [-0.1, -0.05) is 23.7 Å². The van der Waals surface area contributed by atoms with Crippen LogP contribution >= 0.6 is 48.2 Å². The summed E-state index contributed by atoms with van der Waals surface area (Å²) in [6, 6.07) is 8.36. The molecule has 9 heteroatoms. The molecule has 2 heterocycles. The van der Waals surface area contributed by atoms with Gasteiger partial charge >= 0.3 is 0 Å². The number of carbonyl (C=O) groups excluding carboxylic acids is 1. The van der Waals surface area contributed by atoms with Crippen molar-refractivity contribution in [3.63, 3.8) is 0 Å². The molecule has 154 valence electrons. The van der Waals surface area contributed by atoms with E-state index in [2.05, 4.69) is 15.5 Å². The van der Waals surface area contributed by atoms with E-state index < -0.39 is 0 Å². The molecule has 2 atom stereocenters. The highest BCUT2D eigenvalue weighted by Gasteiger charge is 2.24. The Morgan fingerprint density at radius 2 is 2.00 bits per heavy atom. The van der Waals surface area contributed by atoms with Crippen molar-refractivity contribution in [2.24, 2.45) is 0 Å². The number of nitrogens with zero attached hydrogens (tertiary/aromatic N) is 1. The quantitative estimate of drug-likeness (QED) is 0.689. The SMILES string of the molecule is Cl.Cl.O=C(CC1CSCCN1)NCC(c1ccc(Cl)cc1)N1CCOCC1. The number of amides is 1. The summed E-state index contributed by atoms with van der Waals surface area (Å²) in [5, 5.41) is 7.28. The van der Waals surface area contributed by atoms with E-state index in [1.165, 1.54) is 5.56 Å². The number of morpholine rings is 1.